The first-order valence-electron chi connectivity index (χ1n) is 4.35. The van der Waals surface area contributed by atoms with Crippen molar-refractivity contribution in [3.8, 4) is 0 Å². The van der Waals surface area contributed by atoms with Gasteiger partial charge in [0.2, 0.25) is 0 Å². The number of methoxy groups -OCH3 is 1. The third-order valence-corrected chi connectivity index (χ3v) is 3.26. The van der Waals surface area contributed by atoms with Crippen molar-refractivity contribution in [2.24, 2.45) is 5.41 Å². The second kappa shape index (κ2) is 3.77. The van der Waals surface area contributed by atoms with Crippen molar-refractivity contribution in [2.75, 3.05) is 13.0 Å². The predicted octanol–water partition coefficient (Wildman–Crippen LogP) is 2.82. The molecule has 0 aromatic rings. The molecule has 11 heavy (non-hydrogen) atoms. The van der Waals surface area contributed by atoms with Crippen LogP contribution in [0.15, 0.2) is 0 Å². The zero-order valence-electron chi connectivity index (χ0n) is 7.40. The minimum atomic E-state index is 0.427. The van der Waals surface area contributed by atoms with E-state index >= 15 is 0 Å². The van der Waals surface area contributed by atoms with Crippen LogP contribution in [0.4, 0.5) is 0 Å². The van der Waals surface area contributed by atoms with Crippen LogP contribution in [-0.4, -0.2) is 19.1 Å². The Morgan fingerprint density at radius 2 is 2.18 bits per heavy atom. The summed E-state index contributed by atoms with van der Waals surface area (Å²) in [5.74, 6) is 0.812. The number of hydrogen-bond donors (Lipinski definition) is 0. The van der Waals surface area contributed by atoms with Gasteiger partial charge in [0.15, 0.2) is 0 Å². The molecule has 0 bridgehead atoms. The number of halogens is 1. The van der Waals surface area contributed by atoms with Crippen LogP contribution in [0.1, 0.15) is 32.6 Å². The predicted molar refractivity (Wildman–Crippen MR) is 48.1 cm³/mol. The maximum atomic E-state index is 5.86. The summed E-state index contributed by atoms with van der Waals surface area (Å²) < 4.78 is 5.32. The van der Waals surface area contributed by atoms with Crippen molar-refractivity contribution >= 4 is 11.6 Å². The lowest BCUT2D eigenvalue weighted by molar-refractivity contribution is 0.0762. The van der Waals surface area contributed by atoms with Gasteiger partial charge in [-0.15, -0.1) is 11.6 Å². The summed E-state index contributed by atoms with van der Waals surface area (Å²) >= 11 is 5.86. The molecule has 0 heterocycles. The molecule has 0 saturated heterocycles. The Morgan fingerprint density at radius 1 is 1.55 bits per heavy atom. The lowest BCUT2D eigenvalue weighted by Crippen LogP contribution is -2.17. The van der Waals surface area contributed by atoms with Crippen LogP contribution in [-0.2, 0) is 4.74 Å². The van der Waals surface area contributed by atoms with Gasteiger partial charge in [-0.1, -0.05) is 6.92 Å². The van der Waals surface area contributed by atoms with E-state index in [0.717, 1.165) is 18.7 Å². The molecular formula is C9H17ClO. The van der Waals surface area contributed by atoms with Crippen molar-refractivity contribution in [1.29, 1.82) is 0 Å². The van der Waals surface area contributed by atoms with Crippen LogP contribution < -0.4 is 0 Å². The molecule has 0 amide bonds. The fourth-order valence-electron chi connectivity index (χ4n) is 1.45. The standard InChI is InChI=1S/C9H17ClO/c1-3-8(11-2)6-9(7-10)4-5-9/h8H,3-7H2,1-2H3. The lowest BCUT2D eigenvalue weighted by Gasteiger charge is -2.18. The van der Waals surface area contributed by atoms with Gasteiger partial charge in [-0.05, 0) is 31.1 Å². The van der Waals surface area contributed by atoms with E-state index in [1.165, 1.54) is 12.8 Å². The van der Waals surface area contributed by atoms with E-state index in [9.17, 15) is 0 Å². The highest BCUT2D eigenvalue weighted by Crippen LogP contribution is 2.50. The first-order chi connectivity index (χ1) is 5.26. The van der Waals surface area contributed by atoms with Crippen LogP contribution in [0, 0.1) is 5.41 Å². The Morgan fingerprint density at radius 3 is 2.45 bits per heavy atom. The van der Waals surface area contributed by atoms with E-state index < -0.39 is 0 Å². The van der Waals surface area contributed by atoms with Gasteiger partial charge in [0.1, 0.15) is 0 Å². The lowest BCUT2D eigenvalue weighted by atomic mass is 9.99. The van der Waals surface area contributed by atoms with Gasteiger partial charge in [-0.2, -0.15) is 0 Å². The van der Waals surface area contributed by atoms with Crippen LogP contribution >= 0.6 is 11.6 Å². The van der Waals surface area contributed by atoms with E-state index in [1.807, 2.05) is 0 Å². The molecule has 0 radical (unpaired) electrons. The molecule has 1 atom stereocenters. The highest BCUT2D eigenvalue weighted by molar-refractivity contribution is 6.18. The van der Waals surface area contributed by atoms with Gasteiger partial charge < -0.3 is 4.74 Å². The third kappa shape index (κ3) is 2.34. The van der Waals surface area contributed by atoms with E-state index in [1.54, 1.807) is 7.11 Å². The Kier molecular flexibility index (Phi) is 3.20. The Balaban J connectivity index is 2.27. The van der Waals surface area contributed by atoms with Crippen LogP contribution in [0.2, 0.25) is 0 Å². The molecule has 1 rings (SSSR count). The van der Waals surface area contributed by atoms with E-state index in [4.69, 9.17) is 16.3 Å². The van der Waals surface area contributed by atoms with Crippen molar-refractivity contribution in [1.82, 2.24) is 0 Å². The van der Waals surface area contributed by atoms with E-state index in [-0.39, 0.29) is 0 Å². The maximum Gasteiger partial charge on any atom is 0.0574 e. The summed E-state index contributed by atoms with van der Waals surface area (Å²) in [7, 11) is 1.79. The van der Waals surface area contributed by atoms with Crippen molar-refractivity contribution in [3.63, 3.8) is 0 Å². The average molecular weight is 177 g/mol. The van der Waals surface area contributed by atoms with Gasteiger partial charge >= 0.3 is 0 Å². The van der Waals surface area contributed by atoms with Gasteiger partial charge in [-0.25, -0.2) is 0 Å². The first-order valence-corrected chi connectivity index (χ1v) is 4.88. The summed E-state index contributed by atoms with van der Waals surface area (Å²) in [6.45, 7) is 2.17. The second-order valence-corrected chi connectivity index (χ2v) is 3.87. The molecular weight excluding hydrogens is 160 g/mol. The van der Waals surface area contributed by atoms with Gasteiger partial charge in [0, 0.05) is 13.0 Å². The minimum Gasteiger partial charge on any atom is -0.381 e. The number of rotatable bonds is 5. The average Bonchev–Trinajstić information content (AvgIpc) is 2.81. The van der Waals surface area contributed by atoms with Crippen molar-refractivity contribution in [2.45, 2.75) is 38.7 Å². The summed E-state index contributed by atoms with van der Waals surface area (Å²) in [5, 5.41) is 0. The van der Waals surface area contributed by atoms with E-state index in [2.05, 4.69) is 6.92 Å². The molecule has 66 valence electrons. The molecule has 1 saturated carbocycles. The maximum absolute atomic E-state index is 5.86. The summed E-state index contributed by atoms with van der Waals surface area (Å²) in [4.78, 5) is 0. The third-order valence-electron chi connectivity index (χ3n) is 2.69. The van der Waals surface area contributed by atoms with Crippen molar-refractivity contribution in [3.05, 3.63) is 0 Å². The summed E-state index contributed by atoms with van der Waals surface area (Å²) in [6.07, 6.45) is 5.29. The Bertz CT molecular complexity index is 117. The molecule has 0 aliphatic heterocycles. The normalized spacial score (nSPS) is 23.2. The molecule has 0 aromatic heterocycles. The van der Waals surface area contributed by atoms with Gasteiger partial charge in [0.25, 0.3) is 0 Å². The molecule has 1 nitrogen and oxygen atoms in total. The van der Waals surface area contributed by atoms with Crippen LogP contribution in [0.3, 0.4) is 0 Å². The zero-order valence-corrected chi connectivity index (χ0v) is 8.16. The Labute approximate surface area is 74.1 Å². The summed E-state index contributed by atoms with van der Waals surface area (Å²) in [5.41, 5.74) is 0.457. The molecule has 2 heteroatoms. The van der Waals surface area contributed by atoms with E-state index in [0.29, 0.717) is 11.5 Å². The van der Waals surface area contributed by atoms with Gasteiger partial charge in [-0.3, -0.25) is 0 Å². The van der Waals surface area contributed by atoms with Gasteiger partial charge in [0.05, 0.1) is 6.10 Å². The molecule has 1 unspecified atom stereocenters. The zero-order chi connectivity index (χ0) is 8.32. The highest BCUT2D eigenvalue weighted by atomic mass is 35.5. The molecule has 0 spiro atoms. The topological polar surface area (TPSA) is 9.23 Å². The number of hydrogen-bond acceptors (Lipinski definition) is 1. The number of alkyl halides is 1. The van der Waals surface area contributed by atoms with Crippen LogP contribution in [0.25, 0.3) is 0 Å². The Hall–Kier alpha value is 0.250. The fraction of sp³-hybridized carbons (Fsp3) is 1.00. The number of ether oxygens (including phenoxy) is 1. The van der Waals surface area contributed by atoms with Crippen molar-refractivity contribution < 1.29 is 4.74 Å². The molecule has 1 fully saturated rings. The monoisotopic (exact) mass is 176 g/mol. The highest BCUT2D eigenvalue weighted by Gasteiger charge is 2.42. The summed E-state index contributed by atoms with van der Waals surface area (Å²) in [6, 6.07) is 0. The second-order valence-electron chi connectivity index (χ2n) is 3.60. The molecule has 0 N–H and O–H groups in total. The fourth-order valence-corrected chi connectivity index (χ4v) is 1.82. The SMILES string of the molecule is CCC(CC1(CCl)CC1)OC. The molecule has 1 aliphatic rings. The minimum absolute atomic E-state index is 0.427. The largest absolute Gasteiger partial charge is 0.381 e. The molecule has 0 aromatic carbocycles. The smallest absolute Gasteiger partial charge is 0.0574 e. The van der Waals surface area contributed by atoms with Crippen LogP contribution in [0.5, 0.6) is 0 Å². The quantitative estimate of drug-likeness (QED) is 0.586. The molecule has 1 aliphatic carbocycles. The first kappa shape index (κ1) is 9.34.